The van der Waals surface area contributed by atoms with Gasteiger partial charge in [-0.2, -0.15) is 0 Å². The van der Waals surface area contributed by atoms with Crippen LogP contribution in [0.3, 0.4) is 0 Å². The summed E-state index contributed by atoms with van der Waals surface area (Å²) in [6.45, 7) is 3.18. The number of aromatic nitrogens is 3. The van der Waals surface area contributed by atoms with E-state index < -0.39 is 0 Å². The smallest absolute Gasteiger partial charge is 0.110 e. The Labute approximate surface area is 120 Å². The minimum atomic E-state index is 0.237. The van der Waals surface area contributed by atoms with Crippen LogP contribution in [0.25, 0.3) is 0 Å². The molecule has 2 aromatic rings. The quantitative estimate of drug-likeness (QED) is 0.567. The van der Waals surface area contributed by atoms with Crippen LogP contribution in [-0.4, -0.2) is 20.6 Å². The van der Waals surface area contributed by atoms with Crippen molar-refractivity contribution in [2.45, 2.75) is 45.2 Å². The summed E-state index contributed by atoms with van der Waals surface area (Å²) >= 11 is 0. The molecule has 5 heteroatoms. The van der Waals surface area contributed by atoms with Crippen LogP contribution in [-0.2, 0) is 19.4 Å². The Balaban J connectivity index is 1.90. The van der Waals surface area contributed by atoms with Crippen molar-refractivity contribution in [1.82, 2.24) is 20.0 Å². The lowest BCUT2D eigenvalue weighted by molar-refractivity contribution is 0.470. The van der Waals surface area contributed by atoms with E-state index in [0.717, 1.165) is 38.1 Å². The van der Waals surface area contributed by atoms with E-state index in [0.29, 0.717) is 0 Å². The van der Waals surface area contributed by atoms with E-state index in [1.165, 1.54) is 5.56 Å². The lowest BCUT2D eigenvalue weighted by atomic mass is 10.0. The topological polar surface area (TPSA) is 68.8 Å². The lowest BCUT2D eigenvalue weighted by Gasteiger charge is -2.16. The molecule has 1 atom stereocenters. The molecule has 0 aliphatic heterocycles. The van der Waals surface area contributed by atoms with Gasteiger partial charge in [0.05, 0.1) is 0 Å². The fourth-order valence-corrected chi connectivity index (χ4v) is 2.33. The molecule has 0 amide bonds. The monoisotopic (exact) mass is 273 g/mol. The summed E-state index contributed by atoms with van der Waals surface area (Å²) in [5.74, 6) is 6.78. The molecule has 2 aromatic heterocycles. The van der Waals surface area contributed by atoms with Crippen LogP contribution >= 0.6 is 0 Å². The first-order valence-corrected chi connectivity index (χ1v) is 7.18. The van der Waals surface area contributed by atoms with Gasteiger partial charge in [0.1, 0.15) is 5.82 Å². The summed E-state index contributed by atoms with van der Waals surface area (Å²) in [5.41, 5.74) is 4.20. The molecule has 0 aromatic carbocycles. The van der Waals surface area contributed by atoms with Crippen LogP contribution in [0.5, 0.6) is 0 Å². The number of rotatable bonds is 8. The molecule has 0 saturated carbocycles. The summed E-state index contributed by atoms with van der Waals surface area (Å²) in [5, 5.41) is 0. The second-order valence-corrected chi connectivity index (χ2v) is 5.00. The fourth-order valence-electron chi connectivity index (χ4n) is 2.33. The van der Waals surface area contributed by atoms with Crippen molar-refractivity contribution in [2.75, 3.05) is 0 Å². The Morgan fingerprint density at radius 2 is 2.10 bits per heavy atom. The van der Waals surface area contributed by atoms with Gasteiger partial charge in [-0.1, -0.05) is 6.92 Å². The molecule has 1 unspecified atom stereocenters. The average Bonchev–Trinajstić information content (AvgIpc) is 2.92. The van der Waals surface area contributed by atoms with Crippen LogP contribution in [0.4, 0.5) is 0 Å². The third kappa shape index (κ3) is 4.15. The Kier molecular flexibility index (Phi) is 5.70. The summed E-state index contributed by atoms with van der Waals surface area (Å²) in [6, 6.07) is 4.33. The zero-order chi connectivity index (χ0) is 14.2. The lowest BCUT2D eigenvalue weighted by Crippen LogP contribution is -2.37. The van der Waals surface area contributed by atoms with E-state index in [4.69, 9.17) is 5.84 Å². The molecule has 0 aliphatic rings. The molecule has 0 bridgehead atoms. The van der Waals surface area contributed by atoms with Gasteiger partial charge in [-0.15, -0.1) is 0 Å². The highest BCUT2D eigenvalue weighted by Gasteiger charge is 2.11. The van der Waals surface area contributed by atoms with E-state index in [1.54, 1.807) is 0 Å². The second-order valence-electron chi connectivity index (χ2n) is 5.00. The SMILES string of the molecule is CCCn1ccnc1CC(CCc1ccncc1)NN. The van der Waals surface area contributed by atoms with Gasteiger partial charge >= 0.3 is 0 Å². The Hall–Kier alpha value is -1.72. The van der Waals surface area contributed by atoms with Crippen LogP contribution in [0.2, 0.25) is 0 Å². The highest BCUT2D eigenvalue weighted by molar-refractivity contribution is 5.10. The first-order chi connectivity index (χ1) is 9.83. The number of hydrogen-bond acceptors (Lipinski definition) is 4. The zero-order valence-corrected chi connectivity index (χ0v) is 12.0. The highest BCUT2D eigenvalue weighted by atomic mass is 15.2. The largest absolute Gasteiger partial charge is 0.335 e. The van der Waals surface area contributed by atoms with Crippen LogP contribution in [0, 0.1) is 0 Å². The minimum absolute atomic E-state index is 0.237. The molecule has 0 fully saturated rings. The average molecular weight is 273 g/mol. The molecule has 0 spiro atoms. The molecule has 3 N–H and O–H groups in total. The predicted molar refractivity (Wildman–Crippen MR) is 79.9 cm³/mol. The minimum Gasteiger partial charge on any atom is -0.335 e. The number of aryl methyl sites for hydroxylation is 2. The molecular formula is C15H23N5. The maximum absolute atomic E-state index is 5.68. The summed E-state index contributed by atoms with van der Waals surface area (Å²) < 4.78 is 2.21. The summed E-state index contributed by atoms with van der Waals surface area (Å²) in [7, 11) is 0. The van der Waals surface area contributed by atoms with Crippen molar-refractivity contribution in [3.8, 4) is 0 Å². The third-order valence-electron chi connectivity index (χ3n) is 3.46. The van der Waals surface area contributed by atoms with Gasteiger partial charge < -0.3 is 4.57 Å². The van der Waals surface area contributed by atoms with E-state index in [-0.39, 0.29) is 6.04 Å². The predicted octanol–water partition coefficient (Wildman–Crippen LogP) is 1.70. The van der Waals surface area contributed by atoms with E-state index >= 15 is 0 Å². The maximum atomic E-state index is 5.68. The van der Waals surface area contributed by atoms with E-state index in [2.05, 4.69) is 26.9 Å². The molecule has 0 radical (unpaired) electrons. The normalized spacial score (nSPS) is 12.5. The third-order valence-corrected chi connectivity index (χ3v) is 3.46. The number of hydrogen-bond donors (Lipinski definition) is 2. The van der Waals surface area contributed by atoms with Gasteiger partial charge in [-0.3, -0.25) is 16.3 Å². The number of imidazole rings is 1. The molecular weight excluding hydrogens is 250 g/mol. The molecule has 108 valence electrons. The van der Waals surface area contributed by atoms with Crippen LogP contribution in [0.1, 0.15) is 31.2 Å². The summed E-state index contributed by atoms with van der Waals surface area (Å²) in [4.78, 5) is 8.47. The molecule has 0 saturated heterocycles. The second kappa shape index (κ2) is 7.77. The van der Waals surface area contributed by atoms with Gasteiger partial charge in [-0.25, -0.2) is 4.98 Å². The Morgan fingerprint density at radius 3 is 2.80 bits per heavy atom. The van der Waals surface area contributed by atoms with Crippen molar-refractivity contribution in [1.29, 1.82) is 0 Å². The molecule has 20 heavy (non-hydrogen) atoms. The van der Waals surface area contributed by atoms with Crippen LogP contribution < -0.4 is 11.3 Å². The summed E-state index contributed by atoms with van der Waals surface area (Å²) in [6.07, 6.45) is 11.5. The molecule has 2 heterocycles. The Morgan fingerprint density at radius 1 is 1.30 bits per heavy atom. The van der Waals surface area contributed by atoms with Gasteiger partial charge in [0.25, 0.3) is 0 Å². The van der Waals surface area contributed by atoms with Crippen molar-refractivity contribution in [3.05, 3.63) is 48.3 Å². The van der Waals surface area contributed by atoms with Gasteiger partial charge in [-0.05, 0) is 37.0 Å². The first-order valence-electron chi connectivity index (χ1n) is 7.18. The van der Waals surface area contributed by atoms with Crippen molar-refractivity contribution >= 4 is 0 Å². The molecule has 0 aliphatic carbocycles. The van der Waals surface area contributed by atoms with Crippen molar-refractivity contribution < 1.29 is 0 Å². The standard InChI is InChI=1S/C15H23N5/c1-2-10-20-11-9-18-15(20)12-14(19-16)4-3-13-5-7-17-8-6-13/h5-9,11,14,19H,2-4,10,12,16H2,1H3. The molecule has 5 nitrogen and oxygen atoms in total. The van der Waals surface area contributed by atoms with Gasteiger partial charge in [0.2, 0.25) is 0 Å². The highest BCUT2D eigenvalue weighted by Crippen LogP contribution is 2.09. The number of nitrogens with zero attached hydrogens (tertiary/aromatic N) is 3. The van der Waals surface area contributed by atoms with E-state index in [9.17, 15) is 0 Å². The zero-order valence-electron chi connectivity index (χ0n) is 12.0. The Bertz CT molecular complexity index is 494. The van der Waals surface area contributed by atoms with Crippen LogP contribution in [0.15, 0.2) is 36.9 Å². The molecule has 2 rings (SSSR count). The number of nitrogens with two attached hydrogens (primary N) is 1. The van der Waals surface area contributed by atoms with Crippen molar-refractivity contribution in [2.24, 2.45) is 5.84 Å². The maximum Gasteiger partial charge on any atom is 0.110 e. The van der Waals surface area contributed by atoms with Gasteiger partial charge in [0.15, 0.2) is 0 Å². The number of pyridine rings is 1. The van der Waals surface area contributed by atoms with Crippen molar-refractivity contribution in [3.63, 3.8) is 0 Å². The van der Waals surface area contributed by atoms with Gasteiger partial charge in [0, 0.05) is 43.8 Å². The fraction of sp³-hybridized carbons (Fsp3) is 0.467. The first kappa shape index (κ1) is 14.7. The van der Waals surface area contributed by atoms with E-state index in [1.807, 2.05) is 36.9 Å². The number of nitrogens with one attached hydrogen (secondary N) is 1. The number of hydrazine groups is 1.